The minimum atomic E-state index is 0.832. The lowest BCUT2D eigenvalue weighted by Crippen LogP contribution is -1.99. The van der Waals surface area contributed by atoms with Crippen LogP contribution in [0.2, 0.25) is 0 Å². The Morgan fingerprint density at radius 2 is 1.82 bits per heavy atom. The number of fused-ring (bicyclic) bond motifs is 3. The first-order valence-corrected chi connectivity index (χ1v) is 7.31. The number of hydrogen-bond acceptors (Lipinski definition) is 2. The number of ether oxygens (including phenoxy) is 1. The zero-order valence-corrected chi connectivity index (χ0v) is 12.4. The van der Waals surface area contributed by atoms with Crippen LogP contribution < -0.4 is 4.74 Å². The maximum absolute atomic E-state index is 5.37. The molecule has 0 spiro atoms. The van der Waals surface area contributed by atoms with Crippen molar-refractivity contribution in [3.8, 4) is 5.75 Å². The predicted molar refractivity (Wildman–Crippen MR) is 89.3 cm³/mol. The van der Waals surface area contributed by atoms with Gasteiger partial charge in [0, 0.05) is 29.0 Å². The third-order valence-electron chi connectivity index (χ3n) is 4.06. The van der Waals surface area contributed by atoms with Crippen LogP contribution in [0.15, 0.2) is 67.0 Å². The van der Waals surface area contributed by atoms with E-state index in [-0.39, 0.29) is 0 Å². The van der Waals surface area contributed by atoms with Crippen LogP contribution in [-0.2, 0) is 6.54 Å². The molecule has 0 N–H and O–H groups in total. The smallest absolute Gasteiger partial charge is 0.119 e. The number of aromatic nitrogens is 2. The first-order valence-electron chi connectivity index (χ1n) is 7.31. The van der Waals surface area contributed by atoms with Crippen molar-refractivity contribution in [2.24, 2.45) is 0 Å². The fraction of sp³-hybridized carbons (Fsp3) is 0.105. The van der Waals surface area contributed by atoms with Crippen LogP contribution in [-0.4, -0.2) is 16.7 Å². The van der Waals surface area contributed by atoms with Crippen LogP contribution in [0.5, 0.6) is 5.75 Å². The molecule has 0 radical (unpaired) electrons. The highest BCUT2D eigenvalue weighted by molar-refractivity contribution is 6.08. The van der Waals surface area contributed by atoms with Crippen molar-refractivity contribution in [2.75, 3.05) is 7.11 Å². The van der Waals surface area contributed by atoms with Crippen LogP contribution in [0.3, 0.4) is 0 Å². The van der Waals surface area contributed by atoms with Crippen LogP contribution in [0, 0.1) is 0 Å². The van der Waals surface area contributed by atoms with Crippen LogP contribution >= 0.6 is 0 Å². The van der Waals surface area contributed by atoms with Crippen molar-refractivity contribution in [1.29, 1.82) is 0 Å². The minimum Gasteiger partial charge on any atom is -0.497 e. The van der Waals surface area contributed by atoms with Gasteiger partial charge in [0.05, 0.1) is 18.8 Å². The van der Waals surface area contributed by atoms with Gasteiger partial charge in [-0.3, -0.25) is 4.98 Å². The van der Waals surface area contributed by atoms with Crippen molar-refractivity contribution in [3.63, 3.8) is 0 Å². The summed E-state index contributed by atoms with van der Waals surface area (Å²) in [5.74, 6) is 0.878. The third kappa shape index (κ3) is 2.02. The lowest BCUT2D eigenvalue weighted by atomic mass is 10.2. The molecule has 0 saturated carbocycles. The maximum Gasteiger partial charge on any atom is 0.119 e. The molecular formula is C19H16N2O. The average molecular weight is 288 g/mol. The van der Waals surface area contributed by atoms with E-state index < -0.39 is 0 Å². The van der Waals surface area contributed by atoms with Gasteiger partial charge in [-0.05, 0) is 29.8 Å². The summed E-state index contributed by atoms with van der Waals surface area (Å²) in [6.45, 7) is 0.832. The van der Waals surface area contributed by atoms with E-state index >= 15 is 0 Å². The largest absolute Gasteiger partial charge is 0.497 e. The molecule has 22 heavy (non-hydrogen) atoms. The molecule has 0 unspecified atom stereocenters. The zero-order valence-electron chi connectivity index (χ0n) is 12.4. The molecule has 108 valence electrons. The van der Waals surface area contributed by atoms with Gasteiger partial charge in [-0.1, -0.05) is 30.3 Å². The van der Waals surface area contributed by atoms with Crippen molar-refractivity contribution in [1.82, 2.24) is 9.55 Å². The van der Waals surface area contributed by atoms with Gasteiger partial charge in [0.2, 0.25) is 0 Å². The lowest BCUT2D eigenvalue weighted by Gasteiger charge is -2.07. The molecule has 0 aliphatic heterocycles. The summed E-state index contributed by atoms with van der Waals surface area (Å²) in [7, 11) is 1.70. The zero-order chi connectivity index (χ0) is 14.9. The van der Waals surface area contributed by atoms with E-state index in [4.69, 9.17) is 4.74 Å². The van der Waals surface area contributed by atoms with Gasteiger partial charge in [-0.15, -0.1) is 0 Å². The molecule has 2 aromatic heterocycles. The summed E-state index contributed by atoms with van der Waals surface area (Å²) in [6.07, 6.45) is 3.78. The summed E-state index contributed by atoms with van der Waals surface area (Å²) in [4.78, 5) is 4.30. The fourth-order valence-corrected chi connectivity index (χ4v) is 2.99. The Morgan fingerprint density at radius 3 is 2.64 bits per heavy atom. The van der Waals surface area contributed by atoms with Gasteiger partial charge in [-0.25, -0.2) is 0 Å². The lowest BCUT2D eigenvalue weighted by molar-refractivity contribution is 0.415. The normalized spacial score (nSPS) is 11.1. The Kier molecular flexibility index (Phi) is 3.04. The van der Waals surface area contributed by atoms with E-state index in [1.54, 1.807) is 7.11 Å². The summed E-state index contributed by atoms with van der Waals surface area (Å²) in [6, 6.07) is 18.8. The second kappa shape index (κ2) is 5.19. The molecule has 0 amide bonds. The SMILES string of the molecule is COc1ccc2c(c1)c1ccncc1n2Cc1ccccc1. The molecule has 0 saturated heterocycles. The number of hydrogen-bond donors (Lipinski definition) is 0. The van der Waals surface area contributed by atoms with Gasteiger partial charge in [0.25, 0.3) is 0 Å². The second-order valence-electron chi connectivity index (χ2n) is 5.35. The van der Waals surface area contributed by atoms with E-state index in [9.17, 15) is 0 Å². The van der Waals surface area contributed by atoms with Gasteiger partial charge in [-0.2, -0.15) is 0 Å². The average Bonchev–Trinajstić information content (AvgIpc) is 2.89. The molecule has 0 atom stereocenters. The predicted octanol–water partition coefficient (Wildman–Crippen LogP) is 4.25. The van der Waals surface area contributed by atoms with E-state index in [2.05, 4.69) is 52.0 Å². The molecule has 3 heteroatoms. The van der Waals surface area contributed by atoms with E-state index in [0.29, 0.717) is 0 Å². The van der Waals surface area contributed by atoms with Crippen LogP contribution in [0.4, 0.5) is 0 Å². The minimum absolute atomic E-state index is 0.832. The molecule has 2 heterocycles. The summed E-state index contributed by atoms with van der Waals surface area (Å²) < 4.78 is 7.69. The quantitative estimate of drug-likeness (QED) is 0.563. The number of benzene rings is 2. The molecule has 0 aliphatic carbocycles. The fourth-order valence-electron chi connectivity index (χ4n) is 2.99. The molecule has 0 fully saturated rings. The Bertz CT molecular complexity index is 942. The molecule has 0 bridgehead atoms. The van der Waals surface area contributed by atoms with E-state index in [1.165, 1.54) is 21.9 Å². The molecule has 4 aromatic rings. The highest BCUT2D eigenvalue weighted by Gasteiger charge is 2.11. The Balaban J connectivity index is 1.99. The van der Waals surface area contributed by atoms with Gasteiger partial charge < -0.3 is 9.30 Å². The van der Waals surface area contributed by atoms with Gasteiger partial charge >= 0.3 is 0 Å². The Hall–Kier alpha value is -2.81. The van der Waals surface area contributed by atoms with Crippen LogP contribution in [0.25, 0.3) is 21.8 Å². The van der Waals surface area contributed by atoms with Crippen molar-refractivity contribution in [2.45, 2.75) is 6.54 Å². The number of methoxy groups -OCH3 is 1. The monoisotopic (exact) mass is 288 g/mol. The Morgan fingerprint density at radius 1 is 0.955 bits per heavy atom. The van der Waals surface area contributed by atoms with E-state index in [0.717, 1.165) is 17.8 Å². The summed E-state index contributed by atoms with van der Waals surface area (Å²) in [5.41, 5.74) is 3.63. The third-order valence-corrected chi connectivity index (χ3v) is 4.06. The number of pyridine rings is 1. The first kappa shape index (κ1) is 12.9. The van der Waals surface area contributed by atoms with Crippen molar-refractivity contribution < 1.29 is 4.74 Å². The highest BCUT2D eigenvalue weighted by atomic mass is 16.5. The van der Waals surface area contributed by atoms with Crippen molar-refractivity contribution >= 4 is 21.8 Å². The molecule has 2 aromatic carbocycles. The first-order chi connectivity index (χ1) is 10.9. The second-order valence-corrected chi connectivity index (χ2v) is 5.35. The van der Waals surface area contributed by atoms with Crippen LogP contribution in [0.1, 0.15) is 5.56 Å². The van der Waals surface area contributed by atoms with Crippen molar-refractivity contribution in [3.05, 3.63) is 72.6 Å². The topological polar surface area (TPSA) is 27.1 Å². The van der Waals surface area contributed by atoms with Gasteiger partial charge in [0.1, 0.15) is 5.75 Å². The van der Waals surface area contributed by atoms with E-state index in [1.807, 2.05) is 24.5 Å². The standard InChI is InChI=1S/C19H16N2O/c1-22-15-7-8-18-17(11-15)16-9-10-20-12-19(16)21(18)13-14-5-3-2-4-6-14/h2-12H,13H2,1H3. The number of nitrogens with zero attached hydrogens (tertiary/aromatic N) is 2. The maximum atomic E-state index is 5.37. The molecule has 4 rings (SSSR count). The highest BCUT2D eigenvalue weighted by Crippen LogP contribution is 2.31. The number of rotatable bonds is 3. The Labute approximate surface area is 128 Å². The van der Waals surface area contributed by atoms with Gasteiger partial charge in [0.15, 0.2) is 0 Å². The summed E-state index contributed by atoms with van der Waals surface area (Å²) in [5, 5.41) is 2.41. The molecule has 0 aliphatic rings. The molecular weight excluding hydrogens is 272 g/mol. The summed E-state index contributed by atoms with van der Waals surface area (Å²) >= 11 is 0. The molecule has 3 nitrogen and oxygen atoms in total.